The first kappa shape index (κ1) is 17.8. The zero-order valence-electron chi connectivity index (χ0n) is 31.2. The van der Waals surface area contributed by atoms with Crippen molar-refractivity contribution in [2.75, 3.05) is 0 Å². The van der Waals surface area contributed by atoms with E-state index in [4.69, 9.17) is 21.8 Å². The van der Waals surface area contributed by atoms with Crippen LogP contribution in [0.5, 0.6) is 11.5 Å². The molecule has 1 aliphatic rings. The normalized spacial score (nSPS) is 24.5. The SMILES string of the molecule is [2H]C([2H])([2H])c1c2c(c(C([2H])([2H])[2H])c(C([2H])([2H])[2H])c1OC(C)=O)O[C@](C)(CCCC(C)CCCC(C)CCCC(C)C)CC2. The molecular weight excluding hydrogens is 420 g/mol. The van der Waals surface area contributed by atoms with Crippen molar-refractivity contribution in [3.63, 3.8) is 0 Å². The smallest absolute Gasteiger partial charge is 0.308 e. The lowest BCUT2D eigenvalue weighted by Crippen LogP contribution is -2.37. The number of carbonyl (C=O) groups is 1. The molecule has 0 radical (unpaired) electrons. The molecule has 1 aromatic carbocycles. The van der Waals surface area contributed by atoms with Crippen molar-refractivity contribution in [2.45, 2.75) is 138 Å². The van der Waals surface area contributed by atoms with E-state index >= 15 is 0 Å². The van der Waals surface area contributed by atoms with Gasteiger partial charge in [0.05, 0.1) is 0 Å². The number of rotatable bonds is 13. The Balaban J connectivity index is 2.28. The molecule has 0 aliphatic carbocycles. The van der Waals surface area contributed by atoms with E-state index in [9.17, 15) is 4.79 Å². The van der Waals surface area contributed by atoms with Crippen LogP contribution in [0.25, 0.3) is 0 Å². The van der Waals surface area contributed by atoms with Gasteiger partial charge in [0.2, 0.25) is 0 Å². The quantitative estimate of drug-likeness (QED) is 0.208. The average Bonchev–Trinajstić information content (AvgIpc) is 2.80. The van der Waals surface area contributed by atoms with E-state index in [1.807, 2.05) is 6.92 Å². The fourth-order valence-corrected chi connectivity index (χ4v) is 5.02. The van der Waals surface area contributed by atoms with Crippen LogP contribution in [0.3, 0.4) is 0 Å². The minimum Gasteiger partial charge on any atom is -0.487 e. The third kappa shape index (κ3) is 8.31. The maximum Gasteiger partial charge on any atom is 0.308 e. The highest BCUT2D eigenvalue weighted by molar-refractivity contribution is 5.72. The highest BCUT2D eigenvalue weighted by atomic mass is 16.5. The van der Waals surface area contributed by atoms with Crippen molar-refractivity contribution >= 4 is 5.97 Å². The van der Waals surface area contributed by atoms with E-state index in [1.165, 1.54) is 32.1 Å². The Morgan fingerprint density at radius 1 is 0.941 bits per heavy atom. The van der Waals surface area contributed by atoms with Gasteiger partial charge in [-0.25, -0.2) is 0 Å². The molecule has 2 unspecified atom stereocenters. The maximum absolute atomic E-state index is 12.0. The Hall–Kier alpha value is -1.51. The van der Waals surface area contributed by atoms with Crippen LogP contribution in [0.4, 0.5) is 0 Å². The highest BCUT2D eigenvalue weighted by Crippen LogP contribution is 2.45. The summed E-state index contributed by atoms with van der Waals surface area (Å²) in [5.41, 5.74) is -2.61. The molecule has 3 heteroatoms. The molecule has 0 bridgehead atoms. The minimum atomic E-state index is -3.08. The van der Waals surface area contributed by atoms with E-state index in [2.05, 4.69) is 27.7 Å². The molecule has 0 saturated heterocycles. The first-order chi connectivity index (χ1) is 19.6. The van der Waals surface area contributed by atoms with Crippen molar-refractivity contribution in [3.8, 4) is 11.5 Å². The molecule has 194 valence electrons. The second-order valence-electron chi connectivity index (χ2n) is 11.3. The van der Waals surface area contributed by atoms with Crippen LogP contribution < -0.4 is 9.47 Å². The number of hydrogen-bond donors (Lipinski definition) is 0. The summed E-state index contributed by atoms with van der Waals surface area (Å²) in [7, 11) is 0. The van der Waals surface area contributed by atoms with Crippen LogP contribution in [-0.2, 0) is 11.2 Å². The van der Waals surface area contributed by atoms with Gasteiger partial charge in [-0.2, -0.15) is 0 Å². The van der Waals surface area contributed by atoms with Crippen molar-refractivity contribution in [2.24, 2.45) is 17.8 Å². The maximum atomic E-state index is 12.0. The van der Waals surface area contributed by atoms with Crippen molar-refractivity contribution in [3.05, 3.63) is 22.3 Å². The summed E-state index contributed by atoms with van der Waals surface area (Å²) in [5.74, 6) is 0.129. The Morgan fingerprint density at radius 3 is 2.09 bits per heavy atom. The first-order valence-corrected chi connectivity index (χ1v) is 13.2. The van der Waals surface area contributed by atoms with Gasteiger partial charge in [0, 0.05) is 24.8 Å². The van der Waals surface area contributed by atoms with E-state index in [0.717, 1.165) is 38.0 Å². The van der Waals surface area contributed by atoms with Crippen molar-refractivity contribution < 1.29 is 26.6 Å². The van der Waals surface area contributed by atoms with Crippen molar-refractivity contribution in [1.29, 1.82) is 0 Å². The van der Waals surface area contributed by atoms with E-state index in [1.54, 1.807) is 0 Å². The molecule has 0 spiro atoms. The zero-order valence-corrected chi connectivity index (χ0v) is 22.2. The fraction of sp³-hybridized carbons (Fsp3) is 0.774. The standard InChI is InChI=1S/C31H52O3/c1-21(2)13-10-14-22(3)15-11-16-23(4)17-12-19-31(9)20-18-28-26(7)29(33-27(8)32)24(5)25(6)30(28)34-31/h21-23H,10-20H2,1-9H3/t22?,23?,31-/m1/s1/i5D3,6D3,7D3. The number of benzene rings is 1. The number of carbonyl (C=O) groups excluding carboxylic acids is 1. The number of fused-ring (bicyclic) bond motifs is 1. The molecule has 0 amide bonds. The van der Waals surface area contributed by atoms with Gasteiger partial charge < -0.3 is 9.47 Å². The monoisotopic (exact) mass is 481 g/mol. The van der Waals surface area contributed by atoms with Gasteiger partial charge in [-0.05, 0) is 87.6 Å². The molecule has 1 heterocycles. The Morgan fingerprint density at radius 2 is 1.53 bits per heavy atom. The fourth-order valence-electron chi connectivity index (χ4n) is 5.02. The van der Waals surface area contributed by atoms with Gasteiger partial charge >= 0.3 is 5.97 Å². The second-order valence-corrected chi connectivity index (χ2v) is 11.3. The van der Waals surface area contributed by atoms with Crippen LogP contribution in [-0.4, -0.2) is 11.6 Å². The van der Waals surface area contributed by atoms with Gasteiger partial charge in [0.25, 0.3) is 0 Å². The largest absolute Gasteiger partial charge is 0.487 e. The Bertz CT molecular complexity index is 1090. The molecule has 2 rings (SSSR count). The molecule has 1 aliphatic heterocycles. The molecule has 34 heavy (non-hydrogen) atoms. The first-order valence-electron chi connectivity index (χ1n) is 17.7. The summed E-state index contributed by atoms with van der Waals surface area (Å²) in [4.78, 5) is 12.0. The lowest BCUT2D eigenvalue weighted by Gasteiger charge is -2.38. The molecule has 3 atom stereocenters. The molecule has 0 aromatic heterocycles. The molecule has 0 N–H and O–H groups in total. The Labute approximate surface area is 223 Å². The van der Waals surface area contributed by atoms with E-state index in [-0.39, 0.29) is 17.7 Å². The third-order valence-corrected chi connectivity index (χ3v) is 7.28. The van der Waals surface area contributed by atoms with Crippen LogP contribution in [0.1, 0.15) is 140 Å². The molecular formula is C31H52O3. The van der Waals surface area contributed by atoms with Gasteiger partial charge in [-0.3, -0.25) is 4.79 Å². The summed E-state index contributed by atoms with van der Waals surface area (Å²) < 4.78 is 85.2. The van der Waals surface area contributed by atoms with Gasteiger partial charge in [-0.15, -0.1) is 0 Å². The van der Waals surface area contributed by atoms with Crippen molar-refractivity contribution in [1.82, 2.24) is 0 Å². The predicted molar refractivity (Wildman–Crippen MR) is 144 cm³/mol. The Kier molecular flexibility index (Phi) is 6.81. The zero-order chi connectivity index (χ0) is 33.0. The van der Waals surface area contributed by atoms with Crippen LogP contribution in [0.15, 0.2) is 0 Å². The summed E-state index contributed by atoms with van der Waals surface area (Å²) in [6.07, 6.45) is 10.4. The van der Waals surface area contributed by atoms with Gasteiger partial charge in [0.1, 0.15) is 17.1 Å². The lowest BCUT2D eigenvalue weighted by molar-refractivity contribution is -0.132. The highest BCUT2D eigenvalue weighted by Gasteiger charge is 2.34. The lowest BCUT2D eigenvalue weighted by atomic mass is 9.83. The topological polar surface area (TPSA) is 35.5 Å². The summed E-state index contributed by atoms with van der Waals surface area (Å²) in [6.45, 7) is 3.08. The minimum absolute atomic E-state index is 0.0729. The number of ether oxygens (including phenoxy) is 2. The van der Waals surface area contributed by atoms with Crippen LogP contribution in [0, 0.1) is 38.3 Å². The van der Waals surface area contributed by atoms with Crippen LogP contribution >= 0.6 is 0 Å². The summed E-state index contributed by atoms with van der Waals surface area (Å²) >= 11 is 0. The average molecular weight is 482 g/mol. The van der Waals surface area contributed by atoms with Gasteiger partial charge in [-0.1, -0.05) is 72.6 Å². The molecule has 3 nitrogen and oxygen atoms in total. The second kappa shape index (κ2) is 13.0. The van der Waals surface area contributed by atoms with E-state index in [0.29, 0.717) is 18.8 Å². The predicted octanol–water partition coefficient (Wildman–Crippen LogP) is 9.06. The molecule has 0 fully saturated rings. The van der Waals surface area contributed by atoms with E-state index < -0.39 is 54.6 Å². The summed E-state index contributed by atoms with van der Waals surface area (Å²) in [5, 5.41) is 0. The third-order valence-electron chi connectivity index (χ3n) is 7.28. The number of esters is 1. The number of hydrogen-bond acceptors (Lipinski definition) is 3. The molecule has 0 saturated carbocycles. The van der Waals surface area contributed by atoms with Gasteiger partial charge in [0.15, 0.2) is 0 Å². The molecule has 1 aromatic rings. The van der Waals surface area contributed by atoms with Crippen LogP contribution in [0.2, 0.25) is 0 Å². The summed E-state index contributed by atoms with van der Waals surface area (Å²) in [6, 6.07) is 0.